The number of aromatic nitrogens is 3. The smallest absolute Gasteiger partial charge is 0.249 e. The van der Waals surface area contributed by atoms with Gasteiger partial charge in [-0.05, 0) is 54.4 Å². The van der Waals surface area contributed by atoms with Crippen LogP contribution in [0.15, 0.2) is 102 Å². The Balaban J connectivity index is 1.54. The van der Waals surface area contributed by atoms with Gasteiger partial charge in [0, 0.05) is 5.69 Å². The number of carbonyl (C=O) groups excluding carboxylic acids is 2. The van der Waals surface area contributed by atoms with E-state index in [-0.39, 0.29) is 24.9 Å². The van der Waals surface area contributed by atoms with Gasteiger partial charge in [-0.15, -0.1) is 5.10 Å². The Bertz CT molecular complexity index is 1480. The molecule has 8 heteroatoms. The number of benzene rings is 3. The van der Waals surface area contributed by atoms with Gasteiger partial charge >= 0.3 is 0 Å². The van der Waals surface area contributed by atoms with Crippen molar-refractivity contribution >= 4 is 28.5 Å². The summed E-state index contributed by atoms with van der Waals surface area (Å²) in [7, 11) is 0. The highest BCUT2D eigenvalue weighted by atomic mass is 16.3. The Morgan fingerprint density at radius 2 is 1.78 bits per heavy atom. The highest BCUT2D eigenvalue weighted by Gasteiger charge is 2.33. The minimum absolute atomic E-state index is 0.0801. The second-order valence-electron chi connectivity index (χ2n) is 8.45. The third-order valence-corrected chi connectivity index (χ3v) is 5.89. The highest BCUT2D eigenvalue weighted by molar-refractivity contribution is 6.01. The third kappa shape index (κ3) is 4.88. The molecule has 5 rings (SSSR count). The second kappa shape index (κ2) is 10.3. The summed E-state index contributed by atoms with van der Waals surface area (Å²) in [5.74, 6) is 0.00633. The summed E-state index contributed by atoms with van der Waals surface area (Å²) >= 11 is 0. The first-order chi connectivity index (χ1) is 17.6. The van der Waals surface area contributed by atoms with Crippen LogP contribution in [0.25, 0.3) is 11.0 Å². The van der Waals surface area contributed by atoms with E-state index in [9.17, 15) is 9.59 Å². The van der Waals surface area contributed by atoms with Gasteiger partial charge in [-0.25, -0.2) is 4.68 Å². The normalized spacial score (nSPS) is 11.8. The number of furan rings is 1. The zero-order chi connectivity index (χ0) is 24.9. The number of rotatable bonds is 8. The number of aryl methyl sites for hydroxylation is 1. The minimum atomic E-state index is -0.912. The summed E-state index contributed by atoms with van der Waals surface area (Å²) < 4.78 is 6.93. The Hall–Kier alpha value is -4.72. The SMILES string of the molecule is Cc1cccc(N(C(=O)Cn2nnc3ccccc32)[C@H](C(=O)NCc2ccco2)c2ccccc2)c1. The van der Waals surface area contributed by atoms with E-state index in [1.165, 1.54) is 4.90 Å². The van der Waals surface area contributed by atoms with Gasteiger partial charge in [0.25, 0.3) is 0 Å². The standard InChI is InChI=1S/C28H25N5O3/c1-20-9-7-12-22(17-20)33(26(34)19-32-25-15-6-5-14-24(25)30-31-32)27(21-10-3-2-4-11-21)28(35)29-18-23-13-8-16-36-23/h2-17,27H,18-19H2,1H3,(H,29,35)/t27-/m0/s1. The van der Waals surface area contributed by atoms with Gasteiger partial charge in [0.05, 0.1) is 18.3 Å². The van der Waals surface area contributed by atoms with Crippen molar-refractivity contribution in [2.24, 2.45) is 0 Å². The molecule has 5 aromatic rings. The average Bonchev–Trinajstić information content (AvgIpc) is 3.56. The molecular formula is C28H25N5O3. The van der Waals surface area contributed by atoms with Crippen molar-refractivity contribution < 1.29 is 14.0 Å². The van der Waals surface area contributed by atoms with Crippen LogP contribution in [0.2, 0.25) is 0 Å². The van der Waals surface area contributed by atoms with E-state index in [1.807, 2.05) is 85.8 Å². The first-order valence-electron chi connectivity index (χ1n) is 11.6. The lowest BCUT2D eigenvalue weighted by Gasteiger charge is -2.31. The van der Waals surface area contributed by atoms with Crippen molar-refractivity contribution in [2.45, 2.75) is 26.1 Å². The number of para-hydroxylation sites is 1. The fraction of sp³-hybridized carbons (Fsp3) is 0.143. The van der Waals surface area contributed by atoms with Crippen LogP contribution in [-0.2, 0) is 22.7 Å². The predicted molar refractivity (Wildman–Crippen MR) is 136 cm³/mol. The molecule has 0 spiro atoms. The molecule has 1 N–H and O–H groups in total. The fourth-order valence-corrected chi connectivity index (χ4v) is 4.19. The van der Waals surface area contributed by atoms with Gasteiger partial charge < -0.3 is 9.73 Å². The van der Waals surface area contributed by atoms with Crippen molar-refractivity contribution in [1.29, 1.82) is 0 Å². The first kappa shape index (κ1) is 23.0. The van der Waals surface area contributed by atoms with Crippen molar-refractivity contribution in [2.75, 3.05) is 4.90 Å². The molecule has 0 unspecified atom stereocenters. The van der Waals surface area contributed by atoms with Gasteiger partial charge in [-0.3, -0.25) is 14.5 Å². The summed E-state index contributed by atoms with van der Waals surface area (Å²) in [5.41, 5.74) is 3.72. The molecule has 0 saturated carbocycles. The molecule has 1 atom stereocenters. The van der Waals surface area contributed by atoms with E-state index in [4.69, 9.17) is 4.42 Å². The van der Waals surface area contributed by atoms with Gasteiger partial charge in [0.2, 0.25) is 11.8 Å². The van der Waals surface area contributed by atoms with E-state index in [1.54, 1.807) is 23.1 Å². The monoisotopic (exact) mass is 479 g/mol. The molecule has 0 bridgehead atoms. The summed E-state index contributed by atoms with van der Waals surface area (Å²) in [6, 6.07) is 26.9. The number of carbonyl (C=O) groups is 2. The molecule has 2 heterocycles. The molecule has 2 aromatic heterocycles. The number of nitrogens with zero attached hydrogens (tertiary/aromatic N) is 4. The van der Waals surface area contributed by atoms with Gasteiger partial charge in [-0.2, -0.15) is 0 Å². The zero-order valence-electron chi connectivity index (χ0n) is 19.7. The largest absolute Gasteiger partial charge is 0.467 e. The van der Waals surface area contributed by atoms with Crippen molar-refractivity contribution in [3.8, 4) is 0 Å². The molecule has 0 aliphatic heterocycles. The molecule has 3 aromatic carbocycles. The lowest BCUT2D eigenvalue weighted by atomic mass is 10.0. The molecular weight excluding hydrogens is 454 g/mol. The molecule has 2 amide bonds. The van der Waals surface area contributed by atoms with E-state index in [0.717, 1.165) is 11.1 Å². The van der Waals surface area contributed by atoms with Crippen LogP contribution in [0.4, 0.5) is 5.69 Å². The number of hydrogen-bond donors (Lipinski definition) is 1. The Morgan fingerprint density at radius 3 is 2.56 bits per heavy atom. The topological polar surface area (TPSA) is 93.3 Å². The van der Waals surface area contributed by atoms with Crippen LogP contribution in [0.3, 0.4) is 0 Å². The molecule has 0 saturated heterocycles. The Labute approximate surface area is 208 Å². The van der Waals surface area contributed by atoms with Gasteiger partial charge in [0.15, 0.2) is 0 Å². The third-order valence-electron chi connectivity index (χ3n) is 5.89. The fourth-order valence-electron chi connectivity index (χ4n) is 4.19. The lowest BCUT2D eigenvalue weighted by molar-refractivity contribution is -0.127. The van der Waals surface area contributed by atoms with E-state index < -0.39 is 6.04 Å². The van der Waals surface area contributed by atoms with Crippen LogP contribution in [-0.4, -0.2) is 26.8 Å². The minimum Gasteiger partial charge on any atom is -0.467 e. The number of hydrogen-bond acceptors (Lipinski definition) is 5. The molecule has 0 aliphatic carbocycles. The van der Waals surface area contributed by atoms with Gasteiger partial charge in [-0.1, -0.05) is 59.8 Å². The van der Waals surface area contributed by atoms with E-state index >= 15 is 0 Å². The van der Waals surface area contributed by atoms with Crippen molar-refractivity contribution in [3.05, 3.63) is 114 Å². The maximum Gasteiger partial charge on any atom is 0.249 e. The van der Waals surface area contributed by atoms with Crippen LogP contribution < -0.4 is 10.2 Å². The average molecular weight is 480 g/mol. The Kier molecular flexibility index (Phi) is 6.57. The summed E-state index contributed by atoms with van der Waals surface area (Å²) in [6.07, 6.45) is 1.56. The molecule has 0 fully saturated rings. The maximum absolute atomic E-state index is 14.0. The van der Waals surface area contributed by atoms with Crippen molar-refractivity contribution in [1.82, 2.24) is 20.3 Å². The Morgan fingerprint density at radius 1 is 0.972 bits per heavy atom. The van der Waals surface area contributed by atoms with Crippen LogP contribution in [0.1, 0.15) is 22.9 Å². The molecule has 180 valence electrons. The molecule has 36 heavy (non-hydrogen) atoms. The highest BCUT2D eigenvalue weighted by Crippen LogP contribution is 2.29. The number of nitrogens with one attached hydrogen (secondary N) is 1. The van der Waals surface area contributed by atoms with Crippen molar-refractivity contribution in [3.63, 3.8) is 0 Å². The van der Waals surface area contributed by atoms with Gasteiger partial charge in [0.1, 0.15) is 23.9 Å². The van der Waals surface area contributed by atoms with Crippen LogP contribution >= 0.6 is 0 Å². The number of fused-ring (bicyclic) bond motifs is 1. The predicted octanol–water partition coefficient (Wildman–Crippen LogP) is 4.42. The summed E-state index contributed by atoms with van der Waals surface area (Å²) in [5, 5.41) is 11.3. The molecule has 0 radical (unpaired) electrons. The quantitative estimate of drug-likeness (QED) is 0.356. The van der Waals surface area contributed by atoms with Crippen LogP contribution in [0.5, 0.6) is 0 Å². The van der Waals surface area contributed by atoms with Crippen LogP contribution in [0, 0.1) is 6.92 Å². The van der Waals surface area contributed by atoms with E-state index in [0.29, 0.717) is 22.5 Å². The summed E-state index contributed by atoms with van der Waals surface area (Å²) in [4.78, 5) is 29.2. The van der Waals surface area contributed by atoms with E-state index in [2.05, 4.69) is 15.6 Å². The lowest BCUT2D eigenvalue weighted by Crippen LogP contribution is -2.45. The summed E-state index contributed by atoms with van der Waals surface area (Å²) in [6.45, 7) is 2.08. The zero-order valence-corrected chi connectivity index (χ0v) is 19.7. The molecule has 0 aliphatic rings. The second-order valence-corrected chi connectivity index (χ2v) is 8.45. The maximum atomic E-state index is 14.0. The molecule has 8 nitrogen and oxygen atoms in total. The number of anilines is 1. The number of amides is 2. The first-order valence-corrected chi connectivity index (χ1v) is 11.6.